The van der Waals surface area contributed by atoms with Gasteiger partial charge in [0.2, 0.25) is 5.95 Å². The summed E-state index contributed by atoms with van der Waals surface area (Å²) in [6.45, 7) is 0. The second-order valence-corrected chi connectivity index (χ2v) is 8.74. The molecule has 7 rings (SSSR count). The monoisotopic (exact) mass is 465 g/mol. The van der Waals surface area contributed by atoms with Crippen LogP contribution in [-0.2, 0) is 12.8 Å². The molecule has 172 valence electrons. The lowest BCUT2D eigenvalue weighted by Gasteiger charge is -2.24. The summed E-state index contributed by atoms with van der Waals surface area (Å²) in [7, 11) is 0. The molecule has 1 unspecified atom stereocenters. The first-order valence-corrected chi connectivity index (χ1v) is 11.4. The van der Waals surface area contributed by atoms with Crippen LogP contribution in [0.4, 0.5) is 10.3 Å². The third-order valence-electron chi connectivity index (χ3n) is 6.55. The Kier molecular flexibility index (Phi) is 4.38. The quantitative estimate of drug-likeness (QED) is 0.360. The minimum absolute atomic E-state index is 0.151. The van der Waals surface area contributed by atoms with Crippen LogP contribution in [0.5, 0.6) is 0 Å². The first kappa shape index (κ1) is 19.8. The Bertz CT molecular complexity index is 1680. The minimum Gasteiger partial charge on any atom is -0.358 e. The summed E-state index contributed by atoms with van der Waals surface area (Å²) in [6, 6.07) is 11.8. The third-order valence-corrected chi connectivity index (χ3v) is 6.55. The second kappa shape index (κ2) is 7.73. The molecule has 0 saturated carbocycles. The van der Waals surface area contributed by atoms with E-state index in [2.05, 4.69) is 54.8 Å². The van der Waals surface area contributed by atoms with Gasteiger partial charge in [0.15, 0.2) is 11.5 Å². The number of benzene rings is 1. The number of halogens is 1. The molecule has 6 aromatic rings. The number of aromatic amines is 2. The molecule has 0 spiro atoms. The SMILES string of the molecule is Fc1cncc(-c2nc(NC3CCc4[nH]c5ccccc5c4C3)n3ncc(-c4ccn[nH]4)c3n2)c1. The maximum absolute atomic E-state index is 14.0. The van der Waals surface area contributed by atoms with E-state index in [1.54, 1.807) is 23.1 Å². The summed E-state index contributed by atoms with van der Waals surface area (Å²) in [5.74, 6) is 0.479. The molecule has 9 nitrogen and oxygen atoms in total. The Morgan fingerprint density at radius 1 is 1.09 bits per heavy atom. The predicted octanol–water partition coefficient (Wildman–Crippen LogP) is 4.17. The van der Waals surface area contributed by atoms with Gasteiger partial charge in [0.25, 0.3) is 0 Å². The van der Waals surface area contributed by atoms with Crippen molar-refractivity contribution in [1.82, 2.24) is 39.7 Å². The smallest absolute Gasteiger partial charge is 0.228 e. The number of aromatic nitrogens is 8. The van der Waals surface area contributed by atoms with Gasteiger partial charge in [-0.3, -0.25) is 10.1 Å². The topological polar surface area (TPSA) is 112 Å². The Hall–Kier alpha value is -4.60. The van der Waals surface area contributed by atoms with Crippen LogP contribution in [-0.4, -0.2) is 45.8 Å². The highest BCUT2D eigenvalue weighted by Gasteiger charge is 2.24. The second-order valence-electron chi connectivity index (χ2n) is 8.74. The van der Waals surface area contributed by atoms with Gasteiger partial charge in [-0.2, -0.15) is 19.7 Å². The van der Waals surface area contributed by atoms with Crippen molar-refractivity contribution in [3.05, 3.63) is 78.3 Å². The number of hydrogen-bond donors (Lipinski definition) is 3. The van der Waals surface area contributed by atoms with E-state index in [0.717, 1.165) is 36.7 Å². The number of H-pyrrole nitrogens is 2. The van der Waals surface area contributed by atoms with E-state index in [1.807, 2.05) is 6.07 Å². The van der Waals surface area contributed by atoms with Crippen molar-refractivity contribution in [1.29, 1.82) is 0 Å². The summed E-state index contributed by atoms with van der Waals surface area (Å²) in [4.78, 5) is 17.0. The Morgan fingerprint density at radius 3 is 2.91 bits per heavy atom. The number of anilines is 1. The molecule has 35 heavy (non-hydrogen) atoms. The lowest BCUT2D eigenvalue weighted by molar-refractivity contribution is 0.599. The summed E-state index contributed by atoms with van der Waals surface area (Å²) in [6.07, 6.45) is 8.87. The van der Waals surface area contributed by atoms with Gasteiger partial charge >= 0.3 is 0 Å². The van der Waals surface area contributed by atoms with Crippen LogP contribution in [0.3, 0.4) is 0 Å². The van der Waals surface area contributed by atoms with Gasteiger partial charge in [0.05, 0.1) is 23.7 Å². The molecule has 0 bridgehead atoms. The van der Waals surface area contributed by atoms with Crippen molar-refractivity contribution in [3.63, 3.8) is 0 Å². The van der Waals surface area contributed by atoms with Gasteiger partial charge < -0.3 is 10.3 Å². The molecule has 1 aliphatic rings. The summed E-state index contributed by atoms with van der Waals surface area (Å²) in [5.41, 5.74) is 6.45. The largest absolute Gasteiger partial charge is 0.358 e. The lowest BCUT2D eigenvalue weighted by Crippen LogP contribution is -2.29. The molecule has 5 aromatic heterocycles. The Labute approximate surface area is 198 Å². The number of para-hydroxylation sites is 1. The fourth-order valence-electron chi connectivity index (χ4n) is 4.91. The van der Waals surface area contributed by atoms with Crippen LogP contribution >= 0.6 is 0 Å². The van der Waals surface area contributed by atoms with E-state index < -0.39 is 5.82 Å². The van der Waals surface area contributed by atoms with Crippen molar-refractivity contribution in [2.45, 2.75) is 25.3 Å². The average Bonchev–Trinajstić information content (AvgIpc) is 3.62. The summed E-state index contributed by atoms with van der Waals surface area (Å²) in [5, 5.41) is 16.4. The third kappa shape index (κ3) is 3.33. The summed E-state index contributed by atoms with van der Waals surface area (Å²) < 4.78 is 15.6. The van der Waals surface area contributed by atoms with Crippen LogP contribution in [0.15, 0.2) is 61.2 Å². The predicted molar refractivity (Wildman–Crippen MR) is 129 cm³/mol. The van der Waals surface area contributed by atoms with E-state index in [-0.39, 0.29) is 6.04 Å². The fraction of sp³-hybridized carbons (Fsp3) is 0.160. The number of pyridine rings is 1. The number of rotatable bonds is 4. The zero-order valence-corrected chi connectivity index (χ0v) is 18.5. The highest BCUT2D eigenvalue weighted by molar-refractivity contribution is 5.85. The summed E-state index contributed by atoms with van der Waals surface area (Å²) >= 11 is 0. The molecule has 1 atom stereocenters. The highest BCUT2D eigenvalue weighted by Crippen LogP contribution is 2.31. The van der Waals surface area contributed by atoms with Gasteiger partial charge in [-0.25, -0.2) is 9.37 Å². The van der Waals surface area contributed by atoms with Gasteiger partial charge in [0.1, 0.15) is 5.82 Å². The molecule has 0 saturated heterocycles. The van der Waals surface area contributed by atoms with Crippen molar-refractivity contribution in [2.75, 3.05) is 5.32 Å². The van der Waals surface area contributed by atoms with E-state index in [0.29, 0.717) is 23.0 Å². The number of aryl methyl sites for hydroxylation is 1. The first-order valence-electron chi connectivity index (χ1n) is 11.4. The molecule has 0 aliphatic heterocycles. The van der Waals surface area contributed by atoms with E-state index in [9.17, 15) is 4.39 Å². The molecule has 0 amide bonds. The van der Waals surface area contributed by atoms with Crippen molar-refractivity contribution in [3.8, 4) is 22.6 Å². The van der Waals surface area contributed by atoms with Crippen molar-refractivity contribution >= 4 is 22.5 Å². The zero-order valence-electron chi connectivity index (χ0n) is 18.5. The minimum atomic E-state index is -0.443. The van der Waals surface area contributed by atoms with Crippen LogP contribution in [0.1, 0.15) is 17.7 Å². The molecule has 0 radical (unpaired) electrons. The zero-order chi connectivity index (χ0) is 23.4. The van der Waals surface area contributed by atoms with Crippen LogP contribution in [0.2, 0.25) is 0 Å². The normalized spacial score (nSPS) is 15.5. The van der Waals surface area contributed by atoms with Gasteiger partial charge in [-0.15, -0.1) is 0 Å². The molecule has 5 heterocycles. The van der Waals surface area contributed by atoms with E-state index >= 15 is 0 Å². The Balaban J connectivity index is 1.32. The molecule has 1 aromatic carbocycles. The molecule has 10 heteroatoms. The highest BCUT2D eigenvalue weighted by atomic mass is 19.1. The lowest BCUT2D eigenvalue weighted by atomic mass is 9.91. The number of hydrogen-bond acceptors (Lipinski definition) is 6. The standard InChI is InChI=1S/C25H20FN9/c26-15-9-14(11-27-12-15)23-32-24-19(22-7-8-28-34-22)13-29-35(24)25(33-23)30-16-5-6-21-18(10-16)17-3-1-2-4-20(17)31-21/h1-4,7-9,11-13,16,31H,5-6,10H2,(H,28,34)(H,30,32,33). The maximum atomic E-state index is 14.0. The van der Waals surface area contributed by atoms with Crippen LogP contribution < -0.4 is 5.32 Å². The Morgan fingerprint density at radius 2 is 2.03 bits per heavy atom. The van der Waals surface area contributed by atoms with Crippen molar-refractivity contribution in [2.24, 2.45) is 0 Å². The molecular weight excluding hydrogens is 445 g/mol. The van der Waals surface area contributed by atoms with Crippen LogP contribution in [0, 0.1) is 5.82 Å². The average molecular weight is 465 g/mol. The molecule has 0 fully saturated rings. The number of nitrogens with zero attached hydrogens (tertiary/aromatic N) is 6. The van der Waals surface area contributed by atoms with E-state index in [1.165, 1.54) is 28.2 Å². The van der Waals surface area contributed by atoms with Crippen molar-refractivity contribution < 1.29 is 4.39 Å². The van der Waals surface area contributed by atoms with Gasteiger partial charge in [-0.1, -0.05) is 18.2 Å². The maximum Gasteiger partial charge on any atom is 0.228 e. The molecule has 3 N–H and O–H groups in total. The molecule has 1 aliphatic carbocycles. The number of nitrogens with one attached hydrogen (secondary N) is 3. The van der Waals surface area contributed by atoms with Gasteiger partial charge in [0, 0.05) is 40.6 Å². The van der Waals surface area contributed by atoms with Gasteiger partial charge in [-0.05, 0) is 43.0 Å². The number of fused-ring (bicyclic) bond motifs is 4. The van der Waals surface area contributed by atoms with E-state index in [4.69, 9.17) is 9.97 Å². The first-order chi connectivity index (χ1) is 17.2. The fourth-order valence-corrected chi connectivity index (χ4v) is 4.91. The molecular formula is C25H20FN9. The van der Waals surface area contributed by atoms with Crippen LogP contribution in [0.25, 0.3) is 39.2 Å².